The molecule has 2 aromatic carbocycles. The lowest BCUT2D eigenvalue weighted by molar-refractivity contribution is -0.120. The number of aryl methyl sites for hydroxylation is 2. The molecule has 0 spiro atoms. The Morgan fingerprint density at radius 2 is 2.12 bits per heavy atom. The SMILES string of the molecule is Cc1ccc(NC(=O)C2CCn3c(nc4ccccc43)C2)cc1F. The van der Waals surface area contributed by atoms with Crippen molar-refractivity contribution in [2.75, 3.05) is 5.32 Å². The molecule has 0 saturated carbocycles. The van der Waals surface area contributed by atoms with Gasteiger partial charge >= 0.3 is 0 Å². The van der Waals surface area contributed by atoms with Crippen LogP contribution in [-0.2, 0) is 17.8 Å². The Labute approximate surface area is 139 Å². The van der Waals surface area contributed by atoms with Gasteiger partial charge in [-0.25, -0.2) is 9.37 Å². The van der Waals surface area contributed by atoms with Gasteiger partial charge in [-0.1, -0.05) is 18.2 Å². The van der Waals surface area contributed by atoms with Gasteiger partial charge in [-0.15, -0.1) is 0 Å². The van der Waals surface area contributed by atoms with Crippen LogP contribution in [0.15, 0.2) is 42.5 Å². The molecule has 0 bridgehead atoms. The van der Waals surface area contributed by atoms with Crippen LogP contribution in [0.2, 0.25) is 0 Å². The number of anilines is 1. The Balaban J connectivity index is 1.53. The van der Waals surface area contributed by atoms with Gasteiger partial charge in [-0.05, 0) is 43.2 Å². The average Bonchev–Trinajstić information content (AvgIpc) is 2.96. The average molecular weight is 323 g/mol. The number of nitrogens with one attached hydrogen (secondary N) is 1. The number of halogens is 1. The third kappa shape index (κ3) is 2.56. The first-order valence-electron chi connectivity index (χ1n) is 8.13. The van der Waals surface area contributed by atoms with Crippen molar-refractivity contribution in [3.8, 4) is 0 Å². The lowest BCUT2D eigenvalue weighted by Crippen LogP contribution is -2.30. The van der Waals surface area contributed by atoms with E-state index in [9.17, 15) is 9.18 Å². The minimum Gasteiger partial charge on any atom is -0.328 e. The second kappa shape index (κ2) is 5.74. The van der Waals surface area contributed by atoms with Crippen molar-refractivity contribution in [1.82, 2.24) is 9.55 Å². The van der Waals surface area contributed by atoms with Gasteiger partial charge in [0.15, 0.2) is 0 Å². The monoisotopic (exact) mass is 323 g/mol. The number of rotatable bonds is 2. The normalized spacial score (nSPS) is 16.8. The summed E-state index contributed by atoms with van der Waals surface area (Å²) >= 11 is 0. The van der Waals surface area contributed by atoms with Gasteiger partial charge in [0.2, 0.25) is 5.91 Å². The summed E-state index contributed by atoms with van der Waals surface area (Å²) < 4.78 is 15.8. The van der Waals surface area contributed by atoms with Gasteiger partial charge < -0.3 is 9.88 Å². The van der Waals surface area contributed by atoms with Gasteiger partial charge in [0, 0.05) is 24.6 Å². The maximum Gasteiger partial charge on any atom is 0.228 e. The molecule has 5 heteroatoms. The third-order valence-corrected chi connectivity index (χ3v) is 4.67. The summed E-state index contributed by atoms with van der Waals surface area (Å²) in [7, 11) is 0. The largest absolute Gasteiger partial charge is 0.328 e. The van der Waals surface area contributed by atoms with E-state index >= 15 is 0 Å². The second-order valence-corrected chi connectivity index (χ2v) is 6.31. The summed E-state index contributed by atoms with van der Waals surface area (Å²) in [6, 6.07) is 12.8. The molecule has 2 heterocycles. The summed E-state index contributed by atoms with van der Waals surface area (Å²) in [6.45, 7) is 2.47. The molecule has 0 radical (unpaired) electrons. The quantitative estimate of drug-likeness (QED) is 0.782. The number of carbonyl (C=O) groups is 1. The summed E-state index contributed by atoms with van der Waals surface area (Å²) in [5, 5.41) is 2.83. The van der Waals surface area contributed by atoms with E-state index in [1.807, 2.05) is 18.2 Å². The van der Waals surface area contributed by atoms with Crippen LogP contribution in [0.3, 0.4) is 0 Å². The van der Waals surface area contributed by atoms with E-state index in [4.69, 9.17) is 0 Å². The minimum absolute atomic E-state index is 0.0726. The number of fused-ring (bicyclic) bond motifs is 3. The highest BCUT2D eigenvalue weighted by molar-refractivity contribution is 5.93. The van der Waals surface area contributed by atoms with Crippen LogP contribution in [0.25, 0.3) is 11.0 Å². The van der Waals surface area contributed by atoms with Gasteiger partial charge in [-0.3, -0.25) is 4.79 Å². The van der Waals surface area contributed by atoms with E-state index in [1.165, 1.54) is 6.07 Å². The highest BCUT2D eigenvalue weighted by Crippen LogP contribution is 2.26. The number of nitrogens with zero attached hydrogens (tertiary/aromatic N) is 2. The topological polar surface area (TPSA) is 46.9 Å². The Morgan fingerprint density at radius 3 is 2.96 bits per heavy atom. The van der Waals surface area contributed by atoms with Crippen LogP contribution in [0.1, 0.15) is 17.8 Å². The first kappa shape index (κ1) is 14.9. The third-order valence-electron chi connectivity index (χ3n) is 4.67. The zero-order valence-electron chi connectivity index (χ0n) is 13.4. The fourth-order valence-electron chi connectivity index (χ4n) is 3.28. The molecular formula is C19H18FN3O. The van der Waals surface area contributed by atoms with E-state index in [-0.39, 0.29) is 17.6 Å². The molecule has 122 valence electrons. The smallest absolute Gasteiger partial charge is 0.228 e. The molecule has 24 heavy (non-hydrogen) atoms. The number of imidazole rings is 1. The molecular weight excluding hydrogens is 305 g/mol. The van der Waals surface area contributed by atoms with E-state index in [0.717, 1.165) is 29.8 Å². The predicted octanol–water partition coefficient (Wildman–Crippen LogP) is 3.68. The summed E-state index contributed by atoms with van der Waals surface area (Å²) in [5.74, 6) is 0.422. The lowest BCUT2D eigenvalue weighted by atomic mass is 9.96. The molecule has 1 atom stereocenters. The zero-order valence-corrected chi connectivity index (χ0v) is 13.4. The van der Waals surface area contributed by atoms with Crippen molar-refractivity contribution in [3.63, 3.8) is 0 Å². The number of amides is 1. The molecule has 3 aromatic rings. The van der Waals surface area contributed by atoms with Gasteiger partial charge in [0.25, 0.3) is 0 Å². The number of carbonyl (C=O) groups excluding carboxylic acids is 1. The van der Waals surface area contributed by atoms with Gasteiger partial charge in [0.05, 0.1) is 11.0 Å². The number of benzene rings is 2. The summed E-state index contributed by atoms with van der Waals surface area (Å²) in [4.78, 5) is 17.2. The molecule has 1 amide bonds. The number of hydrogen-bond donors (Lipinski definition) is 1. The number of hydrogen-bond acceptors (Lipinski definition) is 2. The molecule has 4 rings (SSSR count). The van der Waals surface area contributed by atoms with Crippen LogP contribution in [-0.4, -0.2) is 15.5 Å². The van der Waals surface area contributed by atoms with Crippen LogP contribution >= 0.6 is 0 Å². The maximum absolute atomic E-state index is 13.6. The highest BCUT2D eigenvalue weighted by Gasteiger charge is 2.27. The molecule has 1 unspecified atom stereocenters. The van der Waals surface area contributed by atoms with Crippen molar-refractivity contribution >= 4 is 22.6 Å². The molecule has 1 aromatic heterocycles. The number of para-hydroxylation sites is 2. The van der Waals surface area contributed by atoms with Gasteiger partial charge in [-0.2, -0.15) is 0 Å². The van der Waals surface area contributed by atoms with Crippen LogP contribution in [0.4, 0.5) is 10.1 Å². The first-order valence-corrected chi connectivity index (χ1v) is 8.13. The fourth-order valence-corrected chi connectivity index (χ4v) is 3.28. The van der Waals surface area contributed by atoms with Crippen molar-refractivity contribution < 1.29 is 9.18 Å². The first-order chi connectivity index (χ1) is 11.6. The lowest BCUT2D eigenvalue weighted by Gasteiger charge is -2.23. The van der Waals surface area contributed by atoms with Gasteiger partial charge in [0.1, 0.15) is 11.6 Å². The Bertz CT molecular complexity index is 932. The summed E-state index contributed by atoms with van der Waals surface area (Å²) in [6.07, 6.45) is 1.36. The second-order valence-electron chi connectivity index (χ2n) is 6.31. The van der Waals surface area contributed by atoms with Crippen molar-refractivity contribution in [1.29, 1.82) is 0 Å². The maximum atomic E-state index is 13.6. The minimum atomic E-state index is -0.307. The molecule has 0 fully saturated rings. The number of aromatic nitrogens is 2. The highest BCUT2D eigenvalue weighted by atomic mass is 19.1. The predicted molar refractivity (Wildman–Crippen MR) is 91.3 cm³/mol. The standard InChI is InChI=1S/C19H18FN3O/c1-12-6-7-14(11-15(12)20)21-19(24)13-8-9-23-17-5-3-2-4-16(17)22-18(23)10-13/h2-7,11,13H,8-10H2,1H3,(H,21,24). The Hall–Kier alpha value is -2.69. The van der Waals surface area contributed by atoms with Crippen molar-refractivity contribution in [2.45, 2.75) is 26.3 Å². The van der Waals surface area contributed by atoms with Crippen molar-refractivity contribution in [2.24, 2.45) is 5.92 Å². The Kier molecular flexibility index (Phi) is 3.56. The van der Waals surface area contributed by atoms with E-state index in [0.29, 0.717) is 17.7 Å². The van der Waals surface area contributed by atoms with E-state index < -0.39 is 0 Å². The molecule has 1 N–H and O–H groups in total. The molecule has 1 aliphatic heterocycles. The Morgan fingerprint density at radius 1 is 1.29 bits per heavy atom. The van der Waals surface area contributed by atoms with Crippen molar-refractivity contribution in [3.05, 3.63) is 59.7 Å². The van der Waals surface area contributed by atoms with Crippen LogP contribution in [0, 0.1) is 18.7 Å². The molecule has 4 nitrogen and oxygen atoms in total. The molecule has 1 aliphatic rings. The van der Waals surface area contributed by atoms with E-state index in [2.05, 4.69) is 20.9 Å². The van der Waals surface area contributed by atoms with Crippen LogP contribution < -0.4 is 5.32 Å². The zero-order chi connectivity index (χ0) is 16.7. The molecule has 0 saturated heterocycles. The van der Waals surface area contributed by atoms with E-state index in [1.54, 1.807) is 19.1 Å². The fraction of sp³-hybridized carbons (Fsp3) is 0.263. The van der Waals surface area contributed by atoms with Crippen LogP contribution in [0.5, 0.6) is 0 Å². The summed E-state index contributed by atoms with van der Waals surface area (Å²) in [5.41, 5.74) is 3.16. The molecule has 0 aliphatic carbocycles.